The molecule has 2 aromatic carbocycles. The van der Waals surface area contributed by atoms with E-state index in [-0.39, 0.29) is 5.82 Å². The molecule has 3 heteroatoms. The summed E-state index contributed by atoms with van der Waals surface area (Å²) in [5.74, 6) is -0.250. The lowest BCUT2D eigenvalue weighted by molar-refractivity contribution is 0.624. The third-order valence-electron chi connectivity index (χ3n) is 2.74. The largest absolute Gasteiger partial charge is 0.316 e. The van der Waals surface area contributed by atoms with Crippen LogP contribution in [-0.2, 0) is 6.54 Å². The zero-order valence-corrected chi connectivity index (χ0v) is 10.1. The lowest BCUT2D eigenvalue weighted by atomic mass is 9.98. The van der Waals surface area contributed by atoms with Crippen molar-refractivity contribution in [2.75, 3.05) is 7.05 Å². The maximum atomic E-state index is 13.3. The molecule has 0 aromatic heterocycles. The first-order valence-electron chi connectivity index (χ1n) is 5.68. The second kappa shape index (κ2) is 5.44. The van der Waals surface area contributed by atoms with E-state index in [1.165, 1.54) is 12.1 Å². The van der Waals surface area contributed by atoms with E-state index in [2.05, 4.69) is 11.4 Å². The molecule has 0 amide bonds. The highest BCUT2D eigenvalue weighted by molar-refractivity contribution is 5.68. The Balaban J connectivity index is 2.52. The van der Waals surface area contributed by atoms with E-state index >= 15 is 0 Å². The van der Waals surface area contributed by atoms with E-state index in [9.17, 15) is 4.39 Å². The lowest BCUT2D eigenvalue weighted by Gasteiger charge is -2.10. The molecule has 2 nitrogen and oxygen atoms in total. The van der Waals surface area contributed by atoms with E-state index in [1.807, 2.05) is 25.2 Å². The van der Waals surface area contributed by atoms with Crippen molar-refractivity contribution in [3.63, 3.8) is 0 Å². The minimum atomic E-state index is -0.250. The van der Waals surface area contributed by atoms with E-state index < -0.39 is 0 Å². The highest BCUT2D eigenvalue weighted by atomic mass is 19.1. The van der Waals surface area contributed by atoms with Gasteiger partial charge in [-0.1, -0.05) is 18.2 Å². The number of halogens is 1. The Morgan fingerprint density at radius 2 is 2.06 bits per heavy atom. The fourth-order valence-corrected chi connectivity index (χ4v) is 1.94. The molecule has 0 saturated heterocycles. The van der Waals surface area contributed by atoms with Gasteiger partial charge < -0.3 is 5.32 Å². The molecule has 2 rings (SSSR count). The Labute approximate surface area is 106 Å². The van der Waals surface area contributed by atoms with Crippen LogP contribution in [0, 0.1) is 17.1 Å². The van der Waals surface area contributed by atoms with Gasteiger partial charge in [0.25, 0.3) is 0 Å². The standard InChI is InChI=1S/C15H13FN2/c1-18-10-13-8-14(16)5-6-15(13)12-4-2-3-11(7-12)9-17/h2-8,18H,10H2,1H3. The average molecular weight is 240 g/mol. The van der Waals surface area contributed by atoms with Gasteiger partial charge in [0, 0.05) is 6.54 Å². The second-order valence-electron chi connectivity index (χ2n) is 4.02. The van der Waals surface area contributed by atoms with Crippen LogP contribution in [0.1, 0.15) is 11.1 Å². The molecule has 0 atom stereocenters. The smallest absolute Gasteiger partial charge is 0.123 e. The number of rotatable bonds is 3. The van der Waals surface area contributed by atoms with Crippen LogP contribution in [0.2, 0.25) is 0 Å². The van der Waals surface area contributed by atoms with Crippen molar-refractivity contribution in [1.82, 2.24) is 5.32 Å². The van der Waals surface area contributed by atoms with Gasteiger partial charge in [-0.2, -0.15) is 5.26 Å². The van der Waals surface area contributed by atoms with Gasteiger partial charge in [0.2, 0.25) is 0 Å². The number of nitriles is 1. The first-order valence-corrected chi connectivity index (χ1v) is 5.68. The van der Waals surface area contributed by atoms with Gasteiger partial charge >= 0.3 is 0 Å². The van der Waals surface area contributed by atoms with Crippen molar-refractivity contribution >= 4 is 0 Å². The molecular weight excluding hydrogens is 227 g/mol. The first kappa shape index (κ1) is 12.3. The summed E-state index contributed by atoms with van der Waals surface area (Å²) in [6.45, 7) is 0.587. The van der Waals surface area contributed by atoms with Crippen molar-refractivity contribution in [2.24, 2.45) is 0 Å². The summed E-state index contributed by atoms with van der Waals surface area (Å²) in [5.41, 5.74) is 3.36. The highest BCUT2D eigenvalue weighted by Crippen LogP contribution is 2.25. The molecule has 0 bridgehead atoms. The van der Waals surface area contributed by atoms with Crippen LogP contribution in [0.3, 0.4) is 0 Å². The lowest BCUT2D eigenvalue weighted by Crippen LogP contribution is -2.06. The Kier molecular flexibility index (Phi) is 3.71. The molecule has 0 saturated carbocycles. The molecule has 0 aliphatic carbocycles. The van der Waals surface area contributed by atoms with Gasteiger partial charge in [-0.15, -0.1) is 0 Å². The summed E-state index contributed by atoms with van der Waals surface area (Å²) >= 11 is 0. The molecule has 0 fully saturated rings. The van der Waals surface area contributed by atoms with Gasteiger partial charge in [-0.25, -0.2) is 4.39 Å². The van der Waals surface area contributed by atoms with Crippen molar-refractivity contribution in [1.29, 1.82) is 5.26 Å². The topological polar surface area (TPSA) is 35.8 Å². The third kappa shape index (κ3) is 2.55. The minimum Gasteiger partial charge on any atom is -0.316 e. The second-order valence-corrected chi connectivity index (χ2v) is 4.02. The van der Waals surface area contributed by atoms with Gasteiger partial charge in [-0.3, -0.25) is 0 Å². The molecule has 0 heterocycles. The first-order chi connectivity index (χ1) is 8.74. The zero-order valence-electron chi connectivity index (χ0n) is 10.1. The number of hydrogen-bond acceptors (Lipinski definition) is 2. The van der Waals surface area contributed by atoms with Crippen LogP contribution in [0.4, 0.5) is 4.39 Å². The molecule has 0 spiro atoms. The normalized spacial score (nSPS) is 10.1. The van der Waals surface area contributed by atoms with Crippen LogP contribution in [0.15, 0.2) is 42.5 Å². The summed E-state index contributed by atoms with van der Waals surface area (Å²) in [5, 5.41) is 11.9. The molecule has 1 N–H and O–H groups in total. The fourth-order valence-electron chi connectivity index (χ4n) is 1.94. The maximum absolute atomic E-state index is 13.3. The summed E-state index contributed by atoms with van der Waals surface area (Å²) < 4.78 is 13.3. The molecule has 0 radical (unpaired) electrons. The Hall–Kier alpha value is -2.18. The number of hydrogen-bond donors (Lipinski definition) is 1. The predicted molar refractivity (Wildman–Crippen MR) is 69.3 cm³/mol. The molecule has 90 valence electrons. The van der Waals surface area contributed by atoms with E-state index in [1.54, 1.807) is 12.1 Å². The van der Waals surface area contributed by atoms with Crippen LogP contribution >= 0.6 is 0 Å². The van der Waals surface area contributed by atoms with Gasteiger partial charge in [0.05, 0.1) is 11.6 Å². The monoisotopic (exact) mass is 240 g/mol. The predicted octanol–water partition coefficient (Wildman–Crippen LogP) is 3.08. The van der Waals surface area contributed by atoms with E-state index in [0.717, 1.165) is 16.7 Å². The zero-order chi connectivity index (χ0) is 13.0. The summed E-state index contributed by atoms with van der Waals surface area (Å²) in [6.07, 6.45) is 0. The summed E-state index contributed by atoms with van der Waals surface area (Å²) in [7, 11) is 1.82. The molecule has 0 aliphatic rings. The minimum absolute atomic E-state index is 0.250. The van der Waals surface area contributed by atoms with Crippen LogP contribution < -0.4 is 5.32 Å². The van der Waals surface area contributed by atoms with Gasteiger partial charge in [0.1, 0.15) is 5.82 Å². The SMILES string of the molecule is CNCc1cc(F)ccc1-c1cccc(C#N)c1. The fraction of sp³-hybridized carbons (Fsp3) is 0.133. The van der Waals surface area contributed by atoms with Crippen LogP contribution in [-0.4, -0.2) is 7.05 Å². The van der Waals surface area contributed by atoms with Crippen LogP contribution in [0.5, 0.6) is 0 Å². The highest BCUT2D eigenvalue weighted by Gasteiger charge is 2.06. The van der Waals surface area contributed by atoms with E-state index in [4.69, 9.17) is 5.26 Å². The van der Waals surface area contributed by atoms with Crippen LogP contribution in [0.25, 0.3) is 11.1 Å². The molecule has 0 unspecified atom stereocenters. The quantitative estimate of drug-likeness (QED) is 0.894. The Bertz CT molecular complexity index is 600. The number of nitrogens with zero attached hydrogens (tertiary/aromatic N) is 1. The maximum Gasteiger partial charge on any atom is 0.123 e. The molecular formula is C15H13FN2. The Morgan fingerprint density at radius 1 is 1.22 bits per heavy atom. The van der Waals surface area contributed by atoms with Crippen molar-refractivity contribution < 1.29 is 4.39 Å². The number of benzene rings is 2. The number of nitrogens with one attached hydrogen (secondary N) is 1. The van der Waals surface area contributed by atoms with Gasteiger partial charge in [0.15, 0.2) is 0 Å². The van der Waals surface area contributed by atoms with E-state index in [0.29, 0.717) is 12.1 Å². The van der Waals surface area contributed by atoms with Crippen molar-refractivity contribution in [3.05, 3.63) is 59.4 Å². The summed E-state index contributed by atoms with van der Waals surface area (Å²) in [6, 6.07) is 14.1. The van der Waals surface area contributed by atoms with Gasteiger partial charge in [-0.05, 0) is 48.0 Å². The Morgan fingerprint density at radius 3 is 2.78 bits per heavy atom. The third-order valence-corrected chi connectivity index (χ3v) is 2.74. The molecule has 18 heavy (non-hydrogen) atoms. The van der Waals surface area contributed by atoms with Crippen molar-refractivity contribution in [3.8, 4) is 17.2 Å². The molecule has 0 aliphatic heterocycles. The summed E-state index contributed by atoms with van der Waals surface area (Å²) in [4.78, 5) is 0. The molecule has 2 aromatic rings. The average Bonchev–Trinajstić information content (AvgIpc) is 2.39. The van der Waals surface area contributed by atoms with Crippen molar-refractivity contribution in [2.45, 2.75) is 6.54 Å².